The quantitative estimate of drug-likeness (QED) is 0.506. The van der Waals surface area contributed by atoms with Gasteiger partial charge in [0.15, 0.2) is 0 Å². The summed E-state index contributed by atoms with van der Waals surface area (Å²) < 4.78 is 46.3. The maximum atomic E-state index is 13.3. The van der Waals surface area contributed by atoms with Crippen LogP contribution in [0.25, 0.3) is 10.9 Å². The number of H-pyrrole nitrogens is 1. The van der Waals surface area contributed by atoms with Gasteiger partial charge < -0.3 is 9.40 Å². The SMILES string of the molecule is Cc1cccc2cc(CN(Cc3ccco3)S(=O)(=O)c3ccc(F)cc3)c(=O)[nH]c12. The van der Waals surface area contributed by atoms with Gasteiger partial charge in [-0.25, -0.2) is 12.8 Å². The second-order valence-corrected chi connectivity index (χ2v) is 8.91. The molecule has 2 heterocycles. The smallest absolute Gasteiger partial charge is 0.252 e. The summed E-state index contributed by atoms with van der Waals surface area (Å²) in [5.41, 5.74) is 1.56. The Labute approximate surface area is 172 Å². The molecule has 0 saturated heterocycles. The standard InChI is InChI=1S/C22H19FN2O4S/c1-15-4-2-5-16-12-17(22(26)24-21(15)16)13-25(14-19-6-3-11-29-19)30(27,28)20-9-7-18(23)8-10-20/h2-12H,13-14H2,1H3,(H,24,26). The van der Waals surface area contributed by atoms with Crippen LogP contribution in [-0.2, 0) is 23.1 Å². The number of fused-ring (bicyclic) bond motifs is 1. The lowest BCUT2D eigenvalue weighted by molar-refractivity contribution is 0.357. The fourth-order valence-electron chi connectivity index (χ4n) is 3.29. The average Bonchev–Trinajstić information content (AvgIpc) is 3.22. The molecule has 0 aliphatic rings. The molecule has 0 unspecified atom stereocenters. The number of sulfonamides is 1. The third kappa shape index (κ3) is 3.92. The summed E-state index contributed by atoms with van der Waals surface area (Å²) in [5.74, 6) is -0.110. The molecule has 0 saturated carbocycles. The van der Waals surface area contributed by atoms with Crippen molar-refractivity contribution < 1.29 is 17.2 Å². The molecule has 0 aliphatic heterocycles. The van der Waals surface area contributed by atoms with Crippen LogP contribution in [0.1, 0.15) is 16.9 Å². The molecule has 4 rings (SSSR count). The highest BCUT2D eigenvalue weighted by Gasteiger charge is 2.27. The highest BCUT2D eigenvalue weighted by molar-refractivity contribution is 7.89. The lowest BCUT2D eigenvalue weighted by Crippen LogP contribution is -2.32. The zero-order valence-electron chi connectivity index (χ0n) is 16.1. The molecule has 0 atom stereocenters. The van der Waals surface area contributed by atoms with E-state index in [9.17, 15) is 17.6 Å². The van der Waals surface area contributed by atoms with Gasteiger partial charge >= 0.3 is 0 Å². The molecule has 0 radical (unpaired) electrons. The first-order valence-electron chi connectivity index (χ1n) is 9.24. The molecule has 154 valence electrons. The summed E-state index contributed by atoms with van der Waals surface area (Å²) in [4.78, 5) is 15.5. The second-order valence-electron chi connectivity index (χ2n) is 6.97. The number of pyridine rings is 1. The second kappa shape index (κ2) is 7.89. The molecule has 4 aromatic rings. The van der Waals surface area contributed by atoms with Crippen molar-refractivity contribution in [2.24, 2.45) is 0 Å². The minimum Gasteiger partial charge on any atom is -0.468 e. The molecule has 0 fully saturated rings. The number of nitrogens with zero attached hydrogens (tertiary/aromatic N) is 1. The first-order valence-corrected chi connectivity index (χ1v) is 10.7. The van der Waals surface area contributed by atoms with Crippen LogP contribution >= 0.6 is 0 Å². The van der Waals surface area contributed by atoms with Crippen molar-refractivity contribution in [2.45, 2.75) is 24.9 Å². The van der Waals surface area contributed by atoms with Crippen molar-refractivity contribution >= 4 is 20.9 Å². The van der Waals surface area contributed by atoms with Crippen molar-refractivity contribution in [1.82, 2.24) is 9.29 Å². The molecule has 30 heavy (non-hydrogen) atoms. The predicted octanol–water partition coefficient (Wildman–Crippen LogP) is 3.96. The van der Waals surface area contributed by atoms with Crippen molar-refractivity contribution in [3.8, 4) is 0 Å². The Bertz CT molecular complexity index is 1340. The molecule has 0 amide bonds. The Kier molecular flexibility index (Phi) is 5.27. The number of aromatic nitrogens is 1. The fraction of sp³-hybridized carbons (Fsp3) is 0.136. The van der Waals surface area contributed by atoms with E-state index in [1.54, 1.807) is 18.2 Å². The van der Waals surface area contributed by atoms with Gasteiger partial charge in [-0.3, -0.25) is 4.79 Å². The van der Waals surface area contributed by atoms with Crippen molar-refractivity contribution in [1.29, 1.82) is 0 Å². The van der Waals surface area contributed by atoms with Gasteiger partial charge in [-0.2, -0.15) is 4.31 Å². The number of halogens is 1. The molecular formula is C22H19FN2O4S. The molecule has 8 heteroatoms. The van der Waals surface area contributed by atoms with E-state index in [4.69, 9.17) is 4.42 Å². The van der Waals surface area contributed by atoms with Crippen LogP contribution < -0.4 is 5.56 Å². The Morgan fingerprint density at radius 2 is 1.80 bits per heavy atom. The Morgan fingerprint density at radius 3 is 2.50 bits per heavy atom. The number of aromatic amines is 1. The number of rotatable bonds is 6. The normalized spacial score (nSPS) is 12.0. The lowest BCUT2D eigenvalue weighted by Gasteiger charge is -2.21. The van der Waals surface area contributed by atoms with Gasteiger partial charge in [-0.05, 0) is 60.3 Å². The average molecular weight is 426 g/mol. The largest absolute Gasteiger partial charge is 0.468 e. The Balaban J connectivity index is 1.77. The number of benzene rings is 2. The zero-order valence-corrected chi connectivity index (χ0v) is 16.9. The van der Waals surface area contributed by atoms with E-state index < -0.39 is 15.8 Å². The van der Waals surface area contributed by atoms with E-state index in [0.29, 0.717) is 16.8 Å². The third-order valence-electron chi connectivity index (χ3n) is 4.88. The lowest BCUT2D eigenvalue weighted by atomic mass is 10.1. The first-order chi connectivity index (χ1) is 14.3. The van der Waals surface area contributed by atoms with E-state index in [2.05, 4.69) is 4.98 Å². The highest BCUT2D eigenvalue weighted by atomic mass is 32.2. The number of hydrogen-bond acceptors (Lipinski definition) is 4. The summed E-state index contributed by atoms with van der Waals surface area (Å²) in [6.45, 7) is 1.65. The van der Waals surface area contributed by atoms with Gasteiger partial charge in [0.25, 0.3) is 5.56 Å². The molecule has 0 aliphatic carbocycles. The van der Waals surface area contributed by atoms with Crippen LogP contribution in [0.3, 0.4) is 0 Å². The molecule has 1 N–H and O–H groups in total. The fourth-order valence-corrected chi connectivity index (χ4v) is 4.68. The number of para-hydroxylation sites is 1. The molecular weight excluding hydrogens is 407 g/mol. The van der Waals surface area contributed by atoms with E-state index in [-0.39, 0.29) is 23.5 Å². The van der Waals surface area contributed by atoms with Crippen LogP contribution in [0.15, 0.2) is 81.0 Å². The summed E-state index contributed by atoms with van der Waals surface area (Å²) in [6, 6.07) is 15.2. The minimum absolute atomic E-state index is 0.0662. The summed E-state index contributed by atoms with van der Waals surface area (Å²) in [6.07, 6.45) is 1.45. The predicted molar refractivity (Wildman–Crippen MR) is 111 cm³/mol. The molecule has 0 bridgehead atoms. The van der Waals surface area contributed by atoms with Gasteiger partial charge in [0, 0.05) is 12.1 Å². The van der Waals surface area contributed by atoms with Crippen molar-refractivity contribution in [3.63, 3.8) is 0 Å². The first kappa shape index (κ1) is 20.1. The van der Waals surface area contributed by atoms with Crippen molar-refractivity contribution in [3.05, 3.63) is 100.0 Å². The zero-order chi connectivity index (χ0) is 21.3. The molecule has 2 aromatic heterocycles. The number of aryl methyl sites for hydroxylation is 1. The topological polar surface area (TPSA) is 83.4 Å². The number of furan rings is 1. The molecule has 0 spiro atoms. The summed E-state index contributed by atoms with van der Waals surface area (Å²) in [5, 5.41) is 0.807. The highest BCUT2D eigenvalue weighted by Crippen LogP contribution is 2.22. The monoisotopic (exact) mass is 426 g/mol. The maximum Gasteiger partial charge on any atom is 0.252 e. The van der Waals surface area contributed by atoms with Crippen molar-refractivity contribution in [2.75, 3.05) is 0 Å². The maximum absolute atomic E-state index is 13.3. The number of hydrogen-bond donors (Lipinski definition) is 1. The molecule has 2 aromatic carbocycles. The summed E-state index contributed by atoms with van der Waals surface area (Å²) >= 11 is 0. The Morgan fingerprint density at radius 1 is 1.03 bits per heavy atom. The van der Waals surface area contributed by atoms with E-state index in [1.165, 1.54) is 18.4 Å². The van der Waals surface area contributed by atoms with Crippen LogP contribution in [-0.4, -0.2) is 17.7 Å². The minimum atomic E-state index is -4.02. The van der Waals surface area contributed by atoms with Gasteiger partial charge in [0.2, 0.25) is 10.0 Å². The van der Waals surface area contributed by atoms with Crippen LogP contribution in [0.2, 0.25) is 0 Å². The summed E-state index contributed by atoms with van der Waals surface area (Å²) in [7, 11) is -4.02. The number of nitrogens with one attached hydrogen (secondary N) is 1. The van der Waals surface area contributed by atoms with Crippen LogP contribution in [0.4, 0.5) is 4.39 Å². The van der Waals surface area contributed by atoms with Crippen LogP contribution in [0, 0.1) is 12.7 Å². The van der Waals surface area contributed by atoms with Gasteiger partial charge in [0.05, 0.1) is 23.2 Å². The third-order valence-corrected chi connectivity index (χ3v) is 6.68. The van der Waals surface area contributed by atoms with E-state index in [0.717, 1.165) is 27.4 Å². The Hall–Kier alpha value is -3.23. The van der Waals surface area contributed by atoms with E-state index in [1.807, 2.05) is 25.1 Å². The molecule has 6 nitrogen and oxygen atoms in total. The van der Waals surface area contributed by atoms with Gasteiger partial charge in [-0.1, -0.05) is 18.2 Å². The van der Waals surface area contributed by atoms with Crippen LogP contribution in [0.5, 0.6) is 0 Å². The van der Waals surface area contributed by atoms with Gasteiger partial charge in [-0.15, -0.1) is 0 Å². The van der Waals surface area contributed by atoms with Gasteiger partial charge in [0.1, 0.15) is 11.6 Å². The van der Waals surface area contributed by atoms with E-state index >= 15 is 0 Å².